The number of anilines is 1. The molecule has 0 saturated carbocycles. The van der Waals surface area contributed by atoms with E-state index in [1.807, 2.05) is 32.0 Å². The van der Waals surface area contributed by atoms with Gasteiger partial charge in [-0.05, 0) is 49.3 Å². The molecule has 0 atom stereocenters. The van der Waals surface area contributed by atoms with Gasteiger partial charge in [-0.3, -0.25) is 9.59 Å². The number of carbonyl (C=O) groups is 2. The number of carbonyl (C=O) groups excluding carboxylic acids is 2. The van der Waals surface area contributed by atoms with Crippen molar-refractivity contribution < 1.29 is 19.1 Å². The average molecular weight is 338 g/mol. The van der Waals surface area contributed by atoms with Gasteiger partial charge >= 0.3 is 5.97 Å². The molecule has 0 aromatic heterocycles. The number of rotatable bonds is 7. The van der Waals surface area contributed by atoms with Crippen LogP contribution in [0.3, 0.4) is 0 Å². The van der Waals surface area contributed by atoms with Gasteiger partial charge in [0, 0.05) is 19.2 Å². The molecule has 2 N–H and O–H groups in total. The Kier molecular flexibility index (Phi) is 8.21. The lowest BCUT2D eigenvalue weighted by molar-refractivity contribution is -0.146. The summed E-state index contributed by atoms with van der Waals surface area (Å²) in [7, 11) is 1.52. The molecule has 126 valence electrons. The maximum absolute atomic E-state index is 11.7. The highest BCUT2D eigenvalue weighted by Crippen LogP contribution is 2.13. The van der Waals surface area contributed by atoms with Crippen LogP contribution in [0.2, 0.25) is 0 Å². The van der Waals surface area contributed by atoms with Crippen molar-refractivity contribution in [3.63, 3.8) is 0 Å². The summed E-state index contributed by atoms with van der Waals surface area (Å²) in [5.41, 5.74) is 3.01. The number of benzene rings is 1. The first-order valence-corrected chi connectivity index (χ1v) is 7.65. The molecular weight excluding hydrogens is 316 g/mol. The molecule has 0 bridgehead atoms. The normalized spacial score (nSPS) is 10.0. The standard InChI is InChI=1S/C16H22N2O4S/c1-11-8-12(2)10-13(9-11)17-16(23)18-14(19)4-5-15(20)22-7-6-21-3/h8-10H,4-7H2,1-3H3,(H2,17,18,19,23). The van der Waals surface area contributed by atoms with Crippen LogP contribution in [-0.2, 0) is 19.1 Å². The molecule has 23 heavy (non-hydrogen) atoms. The SMILES string of the molecule is COCCOC(=O)CCC(=O)NC(=S)Nc1cc(C)cc(C)c1. The zero-order valence-electron chi connectivity index (χ0n) is 13.6. The fourth-order valence-corrected chi connectivity index (χ4v) is 2.16. The Labute approximate surface area is 141 Å². The highest BCUT2D eigenvalue weighted by molar-refractivity contribution is 7.80. The quantitative estimate of drug-likeness (QED) is 0.450. The number of hydrogen-bond acceptors (Lipinski definition) is 5. The third kappa shape index (κ3) is 8.27. The van der Waals surface area contributed by atoms with Crippen molar-refractivity contribution in [3.05, 3.63) is 29.3 Å². The Balaban J connectivity index is 2.33. The van der Waals surface area contributed by atoms with Crippen molar-refractivity contribution in [2.24, 2.45) is 0 Å². The lowest BCUT2D eigenvalue weighted by atomic mass is 10.1. The van der Waals surface area contributed by atoms with Crippen molar-refractivity contribution in [3.8, 4) is 0 Å². The van der Waals surface area contributed by atoms with E-state index in [4.69, 9.17) is 21.7 Å². The van der Waals surface area contributed by atoms with Gasteiger partial charge < -0.3 is 20.1 Å². The van der Waals surface area contributed by atoms with Gasteiger partial charge in [0.25, 0.3) is 0 Å². The minimum atomic E-state index is -0.439. The molecular formula is C16H22N2O4S. The van der Waals surface area contributed by atoms with Gasteiger partial charge in [-0.2, -0.15) is 0 Å². The van der Waals surface area contributed by atoms with Crippen molar-refractivity contribution >= 4 is 34.9 Å². The van der Waals surface area contributed by atoms with Crippen LogP contribution in [0.1, 0.15) is 24.0 Å². The lowest BCUT2D eigenvalue weighted by Gasteiger charge is -2.11. The topological polar surface area (TPSA) is 76.7 Å². The van der Waals surface area contributed by atoms with Crippen LogP contribution in [0.4, 0.5) is 5.69 Å². The summed E-state index contributed by atoms with van der Waals surface area (Å²) in [4.78, 5) is 23.1. The smallest absolute Gasteiger partial charge is 0.306 e. The van der Waals surface area contributed by atoms with Crippen molar-refractivity contribution in [2.75, 3.05) is 25.6 Å². The van der Waals surface area contributed by atoms with E-state index in [-0.39, 0.29) is 30.5 Å². The second kappa shape index (κ2) is 9.91. The van der Waals surface area contributed by atoms with Crippen molar-refractivity contribution in [1.29, 1.82) is 0 Å². The number of ether oxygens (including phenoxy) is 2. The predicted octanol–water partition coefficient (Wildman–Crippen LogP) is 2.09. The Morgan fingerprint density at radius 3 is 2.35 bits per heavy atom. The van der Waals surface area contributed by atoms with Gasteiger partial charge in [0.05, 0.1) is 13.0 Å². The third-order valence-electron chi connectivity index (χ3n) is 2.84. The zero-order valence-corrected chi connectivity index (χ0v) is 14.4. The summed E-state index contributed by atoms with van der Waals surface area (Å²) in [6.45, 7) is 4.48. The molecule has 1 rings (SSSR count). The van der Waals surface area contributed by atoms with E-state index in [1.165, 1.54) is 7.11 Å². The molecule has 0 fully saturated rings. The van der Waals surface area contributed by atoms with Crippen molar-refractivity contribution in [1.82, 2.24) is 5.32 Å². The summed E-state index contributed by atoms with van der Waals surface area (Å²) in [5, 5.41) is 5.69. The molecule has 0 saturated heterocycles. The van der Waals surface area contributed by atoms with Crippen molar-refractivity contribution in [2.45, 2.75) is 26.7 Å². The highest BCUT2D eigenvalue weighted by Gasteiger charge is 2.09. The average Bonchev–Trinajstić information content (AvgIpc) is 2.44. The van der Waals surface area contributed by atoms with Crippen LogP contribution in [-0.4, -0.2) is 37.3 Å². The largest absolute Gasteiger partial charge is 0.463 e. The van der Waals surface area contributed by atoms with Crippen LogP contribution in [0.5, 0.6) is 0 Å². The number of aryl methyl sites for hydroxylation is 2. The summed E-state index contributed by atoms with van der Waals surface area (Å²) in [6.07, 6.45) is 0.0161. The molecule has 0 aliphatic rings. The maximum Gasteiger partial charge on any atom is 0.306 e. The number of thiocarbonyl (C=S) groups is 1. The minimum Gasteiger partial charge on any atom is -0.463 e. The molecule has 0 spiro atoms. The number of methoxy groups -OCH3 is 1. The van der Waals surface area contributed by atoms with Gasteiger partial charge in [0.2, 0.25) is 5.91 Å². The van der Waals surface area contributed by atoms with Crippen LogP contribution < -0.4 is 10.6 Å². The fourth-order valence-electron chi connectivity index (χ4n) is 1.92. The molecule has 0 radical (unpaired) electrons. The van der Waals surface area contributed by atoms with Crippen LogP contribution in [0.25, 0.3) is 0 Å². The first kappa shape index (κ1) is 19.1. The molecule has 1 aromatic rings. The van der Waals surface area contributed by atoms with E-state index in [0.717, 1.165) is 16.8 Å². The number of esters is 1. The summed E-state index contributed by atoms with van der Waals surface area (Å²) in [6, 6.07) is 5.90. The highest BCUT2D eigenvalue weighted by atomic mass is 32.1. The first-order valence-electron chi connectivity index (χ1n) is 7.24. The van der Waals surface area contributed by atoms with E-state index in [0.29, 0.717) is 6.61 Å². The van der Waals surface area contributed by atoms with E-state index in [1.54, 1.807) is 0 Å². The molecule has 1 amide bonds. The number of hydrogen-bond donors (Lipinski definition) is 2. The fraction of sp³-hybridized carbons (Fsp3) is 0.438. The molecule has 6 nitrogen and oxygen atoms in total. The van der Waals surface area contributed by atoms with E-state index < -0.39 is 5.97 Å². The van der Waals surface area contributed by atoms with E-state index >= 15 is 0 Å². The van der Waals surface area contributed by atoms with Gasteiger partial charge in [-0.1, -0.05) is 6.07 Å². The third-order valence-corrected chi connectivity index (χ3v) is 3.04. The Morgan fingerprint density at radius 1 is 1.09 bits per heavy atom. The molecule has 1 aromatic carbocycles. The van der Waals surface area contributed by atoms with E-state index in [2.05, 4.69) is 10.6 Å². The molecule has 7 heteroatoms. The Bertz CT molecular complexity index is 555. The van der Waals surface area contributed by atoms with Gasteiger partial charge in [-0.15, -0.1) is 0 Å². The summed E-state index contributed by atoms with van der Waals surface area (Å²) < 4.78 is 9.63. The van der Waals surface area contributed by atoms with Crippen LogP contribution in [0, 0.1) is 13.8 Å². The second-order valence-electron chi connectivity index (χ2n) is 5.09. The monoisotopic (exact) mass is 338 g/mol. The maximum atomic E-state index is 11.7. The molecule has 0 aliphatic carbocycles. The first-order chi connectivity index (χ1) is 10.9. The van der Waals surface area contributed by atoms with Gasteiger partial charge in [-0.25, -0.2) is 0 Å². The molecule has 0 heterocycles. The van der Waals surface area contributed by atoms with Crippen LogP contribution >= 0.6 is 12.2 Å². The minimum absolute atomic E-state index is 0.00170. The summed E-state index contributed by atoms with van der Waals surface area (Å²) in [5.74, 6) is -0.777. The molecule has 0 aliphatic heterocycles. The Morgan fingerprint density at radius 2 is 1.74 bits per heavy atom. The van der Waals surface area contributed by atoms with Gasteiger partial charge in [0.15, 0.2) is 5.11 Å². The van der Waals surface area contributed by atoms with E-state index in [9.17, 15) is 9.59 Å². The lowest BCUT2D eigenvalue weighted by Crippen LogP contribution is -2.34. The number of amides is 1. The predicted molar refractivity (Wildman–Crippen MR) is 92.3 cm³/mol. The number of nitrogens with one attached hydrogen (secondary N) is 2. The second-order valence-corrected chi connectivity index (χ2v) is 5.50. The van der Waals surface area contributed by atoms with Gasteiger partial charge in [0.1, 0.15) is 6.61 Å². The zero-order chi connectivity index (χ0) is 17.2. The summed E-state index contributed by atoms with van der Waals surface area (Å²) >= 11 is 5.09. The molecule has 0 unspecified atom stereocenters. The Hall–Kier alpha value is -1.99. The van der Waals surface area contributed by atoms with Crippen LogP contribution in [0.15, 0.2) is 18.2 Å².